The van der Waals surface area contributed by atoms with E-state index in [9.17, 15) is 9.59 Å². The Morgan fingerprint density at radius 1 is 1.18 bits per heavy atom. The van der Waals surface area contributed by atoms with Gasteiger partial charge < -0.3 is 14.5 Å². The largest absolute Gasteiger partial charge is 0.444 e. The molecular formula is C14H20N4O4. The Balaban J connectivity index is 1.80. The molecule has 1 aromatic rings. The molecule has 0 N–H and O–H groups in total. The fraction of sp³-hybridized carbons (Fsp3) is 0.571. The molecule has 1 aliphatic heterocycles. The minimum Gasteiger partial charge on any atom is -0.444 e. The van der Waals surface area contributed by atoms with Gasteiger partial charge in [0.05, 0.1) is 13.1 Å². The lowest BCUT2D eigenvalue weighted by atomic mass is 10.2. The Kier molecular flexibility index (Phi) is 4.92. The number of hydrogen-bond acceptors (Lipinski definition) is 7. The minimum absolute atomic E-state index is 0.150. The molecule has 120 valence electrons. The molecule has 0 bridgehead atoms. The first-order valence-corrected chi connectivity index (χ1v) is 7.08. The van der Waals surface area contributed by atoms with Gasteiger partial charge >= 0.3 is 12.1 Å². The second-order valence-corrected chi connectivity index (χ2v) is 5.88. The van der Waals surface area contributed by atoms with E-state index in [0.717, 1.165) is 0 Å². The summed E-state index contributed by atoms with van der Waals surface area (Å²) in [6, 6.07) is 3.15. The standard InChI is InChI=1S/C14H20N4O4/c1-14(2,3)21-13(20)17-7-9-18(10-8-17)22-12(19)11-5-4-6-15-16-11/h4-6H,7-10H2,1-3H3. The molecule has 0 radical (unpaired) electrons. The highest BCUT2D eigenvalue weighted by atomic mass is 16.7. The fourth-order valence-electron chi connectivity index (χ4n) is 1.86. The van der Waals surface area contributed by atoms with Gasteiger partial charge in [-0.25, -0.2) is 9.59 Å². The molecule has 1 amide bonds. The Morgan fingerprint density at radius 2 is 1.86 bits per heavy atom. The number of hydrogen-bond donors (Lipinski definition) is 0. The van der Waals surface area contributed by atoms with Crippen molar-refractivity contribution in [1.29, 1.82) is 0 Å². The van der Waals surface area contributed by atoms with Crippen LogP contribution in [0.5, 0.6) is 0 Å². The van der Waals surface area contributed by atoms with Gasteiger partial charge in [0.15, 0.2) is 5.69 Å². The van der Waals surface area contributed by atoms with Crippen LogP contribution in [0.4, 0.5) is 4.79 Å². The zero-order valence-corrected chi connectivity index (χ0v) is 13.0. The van der Waals surface area contributed by atoms with Crippen LogP contribution in [-0.2, 0) is 9.57 Å². The summed E-state index contributed by atoms with van der Waals surface area (Å²) in [5.74, 6) is -0.557. The van der Waals surface area contributed by atoms with E-state index in [1.807, 2.05) is 20.8 Å². The van der Waals surface area contributed by atoms with Crippen LogP contribution in [0.2, 0.25) is 0 Å². The van der Waals surface area contributed by atoms with Crippen LogP contribution in [0.3, 0.4) is 0 Å². The van der Waals surface area contributed by atoms with E-state index < -0.39 is 11.6 Å². The van der Waals surface area contributed by atoms with Crippen molar-refractivity contribution < 1.29 is 19.2 Å². The van der Waals surface area contributed by atoms with E-state index in [-0.39, 0.29) is 11.8 Å². The van der Waals surface area contributed by atoms with Crippen LogP contribution >= 0.6 is 0 Å². The van der Waals surface area contributed by atoms with Gasteiger partial charge in [-0.3, -0.25) is 0 Å². The molecule has 0 atom stereocenters. The Morgan fingerprint density at radius 3 is 2.41 bits per heavy atom. The first-order valence-electron chi connectivity index (χ1n) is 7.08. The summed E-state index contributed by atoms with van der Waals surface area (Å²) < 4.78 is 5.31. The zero-order valence-electron chi connectivity index (χ0n) is 13.0. The number of nitrogens with zero attached hydrogens (tertiary/aromatic N) is 4. The number of ether oxygens (including phenoxy) is 1. The highest BCUT2D eigenvalue weighted by Crippen LogP contribution is 2.12. The van der Waals surface area contributed by atoms with Gasteiger partial charge in [0.2, 0.25) is 0 Å². The van der Waals surface area contributed by atoms with E-state index in [4.69, 9.17) is 9.57 Å². The molecule has 1 aliphatic rings. The summed E-state index contributed by atoms with van der Waals surface area (Å²) in [5, 5.41) is 8.83. The molecular weight excluding hydrogens is 288 g/mol. The van der Waals surface area contributed by atoms with Crippen molar-refractivity contribution in [2.45, 2.75) is 26.4 Å². The van der Waals surface area contributed by atoms with Crippen molar-refractivity contribution in [3.63, 3.8) is 0 Å². The van der Waals surface area contributed by atoms with Gasteiger partial charge in [0, 0.05) is 19.3 Å². The molecule has 1 aromatic heterocycles. The SMILES string of the molecule is CC(C)(C)OC(=O)N1CCN(OC(=O)c2cccnn2)CC1. The van der Waals surface area contributed by atoms with Gasteiger partial charge in [-0.05, 0) is 32.9 Å². The smallest absolute Gasteiger partial charge is 0.410 e. The second kappa shape index (κ2) is 6.69. The molecule has 2 rings (SSSR count). The molecule has 8 nitrogen and oxygen atoms in total. The van der Waals surface area contributed by atoms with E-state index in [1.54, 1.807) is 11.0 Å². The van der Waals surface area contributed by atoms with E-state index in [2.05, 4.69) is 10.2 Å². The summed E-state index contributed by atoms with van der Waals surface area (Å²) in [7, 11) is 0. The summed E-state index contributed by atoms with van der Waals surface area (Å²) in [6.45, 7) is 7.18. The van der Waals surface area contributed by atoms with Crippen LogP contribution in [0.25, 0.3) is 0 Å². The third-order valence-electron chi connectivity index (χ3n) is 2.88. The lowest BCUT2D eigenvalue weighted by molar-refractivity contribution is -0.129. The molecule has 2 heterocycles. The third kappa shape index (κ3) is 4.66. The van der Waals surface area contributed by atoms with Gasteiger partial charge in [-0.1, -0.05) is 0 Å². The molecule has 0 aliphatic carbocycles. The van der Waals surface area contributed by atoms with E-state index in [0.29, 0.717) is 26.2 Å². The van der Waals surface area contributed by atoms with Crippen molar-refractivity contribution >= 4 is 12.1 Å². The van der Waals surface area contributed by atoms with Crippen LogP contribution in [0.15, 0.2) is 18.3 Å². The zero-order chi connectivity index (χ0) is 16.2. The van der Waals surface area contributed by atoms with Gasteiger partial charge in [-0.15, -0.1) is 10.2 Å². The van der Waals surface area contributed by atoms with Gasteiger partial charge in [-0.2, -0.15) is 5.10 Å². The number of rotatable bonds is 2. The monoisotopic (exact) mass is 308 g/mol. The normalized spacial score (nSPS) is 16.2. The second-order valence-electron chi connectivity index (χ2n) is 5.88. The van der Waals surface area contributed by atoms with Crippen molar-refractivity contribution in [3.8, 4) is 0 Å². The van der Waals surface area contributed by atoms with Gasteiger partial charge in [0.25, 0.3) is 0 Å². The lowest BCUT2D eigenvalue weighted by Crippen LogP contribution is -2.50. The highest BCUT2D eigenvalue weighted by molar-refractivity contribution is 5.86. The average molecular weight is 308 g/mol. The number of hydroxylamine groups is 2. The number of piperazine rings is 1. The Hall–Kier alpha value is -2.22. The molecule has 8 heteroatoms. The lowest BCUT2D eigenvalue weighted by Gasteiger charge is -2.34. The molecule has 0 aromatic carbocycles. The molecule has 22 heavy (non-hydrogen) atoms. The quantitative estimate of drug-likeness (QED) is 0.808. The average Bonchev–Trinajstić information content (AvgIpc) is 2.47. The number of carbonyl (C=O) groups is 2. The summed E-state index contributed by atoms with van der Waals surface area (Å²) in [4.78, 5) is 30.6. The molecule has 1 fully saturated rings. The highest BCUT2D eigenvalue weighted by Gasteiger charge is 2.27. The predicted octanol–water partition coefficient (Wildman–Crippen LogP) is 1.10. The van der Waals surface area contributed by atoms with Crippen LogP contribution in [0.1, 0.15) is 31.3 Å². The van der Waals surface area contributed by atoms with Crippen molar-refractivity contribution in [3.05, 3.63) is 24.0 Å². The topological polar surface area (TPSA) is 84.9 Å². The van der Waals surface area contributed by atoms with E-state index >= 15 is 0 Å². The number of aromatic nitrogens is 2. The summed E-state index contributed by atoms with van der Waals surface area (Å²) in [6.07, 6.45) is 1.13. The predicted molar refractivity (Wildman–Crippen MR) is 76.8 cm³/mol. The molecule has 0 spiro atoms. The fourth-order valence-corrected chi connectivity index (χ4v) is 1.86. The van der Waals surface area contributed by atoms with Crippen LogP contribution in [0, 0.1) is 0 Å². The third-order valence-corrected chi connectivity index (χ3v) is 2.88. The maximum absolute atomic E-state index is 11.9. The first kappa shape index (κ1) is 16.2. The Labute approximate surface area is 129 Å². The van der Waals surface area contributed by atoms with Crippen LogP contribution in [-0.4, -0.2) is 64.0 Å². The molecule has 0 unspecified atom stereocenters. The summed E-state index contributed by atoms with van der Waals surface area (Å²) >= 11 is 0. The van der Waals surface area contributed by atoms with Crippen LogP contribution < -0.4 is 0 Å². The number of amides is 1. The maximum Gasteiger partial charge on any atom is 0.410 e. The molecule has 1 saturated heterocycles. The summed E-state index contributed by atoms with van der Waals surface area (Å²) in [5.41, 5.74) is -0.371. The van der Waals surface area contributed by atoms with Crippen molar-refractivity contribution in [2.24, 2.45) is 0 Å². The van der Waals surface area contributed by atoms with Crippen molar-refractivity contribution in [2.75, 3.05) is 26.2 Å². The van der Waals surface area contributed by atoms with E-state index in [1.165, 1.54) is 17.3 Å². The first-order chi connectivity index (χ1) is 10.3. The maximum atomic E-state index is 11.9. The Bertz CT molecular complexity index is 521. The molecule has 0 saturated carbocycles. The van der Waals surface area contributed by atoms with Gasteiger partial charge in [0.1, 0.15) is 5.60 Å². The number of carbonyl (C=O) groups excluding carboxylic acids is 2. The minimum atomic E-state index is -0.557. The van der Waals surface area contributed by atoms with Crippen molar-refractivity contribution in [1.82, 2.24) is 20.2 Å².